The number of nitrogens with one attached hydrogen (secondary N) is 1. The van der Waals surface area contributed by atoms with Crippen molar-refractivity contribution in [3.8, 4) is 0 Å². The minimum atomic E-state index is -0.398. The normalized spacial score (nSPS) is 14.2. The molecular formula is C16H26N2O. The van der Waals surface area contributed by atoms with Gasteiger partial charge in [-0.1, -0.05) is 51.1 Å². The SMILES string of the molecule is CCC(Cc1ccccc1)NC(=O)[C@@H](N)CC(C)C. The molecule has 0 aliphatic rings. The molecule has 3 N–H and O–H groups in total. The Morgan fingerprint density at radius 1 is 1.26 bits per heavy atom. The van der Waals surface area contributed by atoms with E-state index in [1.54, 1.807) is 0 Å². The Balaban J connectivity index is 2.50. The van der Waals surface area contributed by atoms with Gasteiger partial charge in [0.25, 0.3) is 0 Å². The highest BCUT2D eigenvalue weighted by molar-refractivity contribution is 5.81. The molecule has 1 rings (SSSR count). The van der Waals surface area contributed by atoms with Crippen molar-refractivity contribution in [3.63, 3.8) is 0 Å². The van der Waals surface area contributed by atoms with Gasteiger partial charge in [-0.2, -0.15) is 0 Å². The van der Waals surface area contributed by atoms with Crippen LogP contribution in [-0.4, -0.2) is 18.0 Å². The van der Waals surface area contributed by atoms with Crippen LogP contribution in [0.25, 0.3) is 0 Å². The third kappa shape index (κ3) is 5.88. The van der Waals surface area contributed by atoms with Crippen molar-refractivity contribution < 1.29 is 4.79 Å². The fourth-order valence-electron chi connectivity index (χ4n) is 2.12. The number of hydrogen-bond donors (Lipinski definition) is 2. The van der Waals surface area contributed by atoms with Gasteiger partial charge in [-0.15, -0.1) is 0 Å². The van der Waals surface area contributed by atoms with Gasteiger partial charge in [0.1, 0.15) is 0 Å². The number of carbonyl (C=O) groups excluding carboxylic acids is 1. The van der Waals surface area contributed by atoms with Gasteiger partial charge in [-0.3, -0.25) is 4.79 Å². The average molecular weight is 262 g/mol. The van der Waals surface area contributed by atoms with Crippen molar-refractivity contribution in [3.05, 3.63) is 35.9 Å². The van der Waals surface area contributed by atoms with Gasteiger partial charge in [-0.25, -0.2) is 0 Å². The third-order valence-electron chi connectivity index (χ3n) is 3.23. The number of amides is 1. The first-order valence-electron chi connectivity index (χ1n) is 7.12. The molecule has 0 bridgehead atoms. The highest BCUT2D eigenvalue weighted by atomic mass is 16.2. The lowest BCUT2D eigenvalue weighted by Gasteiger charge is -2.20. The molecule has 0 saturated carbocycles. The van der Waals surface area contributed by atoms with Crippen molar-refractivity contribution in [2.45, 2.75) is 52.1 Å². The van der Waals surface area contributed by atoms with Crippen LogP contribution < -0.4 is 11.1 Å². The van der Waals surface area contributed by atoms with Crippen LogP contribution in [0, 0.1) is 5.92 Å². The van der Waals surface area contributed by atoms with Crippen LogP contribution in [0.1, 0.15) is 39.2 Å². The van der Waals surface area contributed by atoms with Crippen LogP contribution >= 0.6 is 0 Å². The molecule has 0 aliphatic heterocycles. The zero-order chi connectivity index (χ0) is 14.3. The Kier molecular flexibility index (Phi) is 6.57. The summed E-state index contributed by atoms with van der Waals surface area (Å²) in [6.45, 7) is 6.24. The lowest BCUT2D eigenvalue weighted by molar-refractivity contribution is -0.123. The summed E-state index contributed by atoms with van der Waals surface area (Å²) >= 11 is 0. The lowest BCUT2D eigenvalue weighted by atomic mass is 10.0. The maximum Gasteiger partial charge on any atom is 0.237 e. The summed E-state index contributed by atoms with van der Waals surface area (Å²) in [7, 11) is 0. The molecule has 0 spiro atoms. The van der Waals surface area contributed by atoms with Gasteiger partial charge in [-0.05, 0) is 30.7 Å². The first-order chi connectivity index (χ1) is 9.02. The van der Waals surface area contributed by atoms with E-state index in [4.69, 9.17) is 5.73 Å². The predicted octanol–water partition coefficient (Wildman–Crippen LogP) is 2.50. The molecule has 1 unspecified atom stereocenters. The summed E-state index contributed by atoms with van der Waals surface area (Å²) in [4.78, 5) is 12.0. The van der Waals surface area contributed by atoms with E-state index in [2.05, 4.69) is 38.2 Å². The Bertz CT molecular complexity index is 376. The van der Waals surface area contributed by atoms with Gasteiger partial charge in [0.15, 0.2) is 0 Å². The van der Waals surface area contributed by atoms with E-state index in [9.17, 15) is 4.79 Å². The summed E-state index contributed by atoms with van der Waals surface area (Å²) in [5.41, 5.74) is 7.15. The Morgan fingerprint density at radius 2 is 1.89 bits per heavy atom. The Morgan fingerprint density at radius 3 is 2.42 bits per heavy atom. The van der Waals surface area contributed by atoms with E-state index in [0.717, 1.165) is 19.3 Å². The number of nitrogens with two attached hydrogens (primary N) is 1. The van der Waals surface area contributed by atoms with Crippen LogP contribution in [0.5, 0.6) is 0 Å². The fraction of sp³-hybridized carbons (Fsp3) is 0.562. The van der Waals surface area contributed by atoms with Crippen LogP contribution in [0.4, 0.5) is 0 Å². The zero-order valence-electron chi connectivity index (χ0n) is 12.2. The van der Waals surface area contributed by atoms with E-state index in [1.165, 1.54) is 5.56 Å². The zero-order valence-corrected chi connectivity index (χ0v) is 12.2. The van der Waals surface area contributed by atoms with Crippen LogP contribution in [0.2, 0.25) is 0 Å². The van der Waals surface area contributed by atoms with Gasteiger partial charge in [0.05, 0.1) is 6.04 Å². The Hall–Kier alpha value is -1.35. The molecule has 3 heteroatoms. The second-order valence-corrected chi connectivity index (χ2v) is 5.54. The quantitative estimate of drug-likeness (QED) is 0.793. The van der Waals surface area contributed by atoms with Gasteiger partial charge >= 0.3 is 0 Å². The number of rotatable bonds is 7. The van der Waals surface area contributed by atoms with Crippen molar-refractivity contribution in [2.24, 2.45) is 11.7 Å². The second-order valence-electron chi connectivity index (χ2n) is 5.54. The molecular weight excluding hydrogens is 236 g/mol. The molecule has 0 aliphatic carbocycles. The van der Waals surface area contributed by atoms with E-state index >= 15 is 0 Å². The molecule has 106 valence electrons. The van der Waals surface area contributed by atoms with Crippen molar-refractivity contribution >= 4 is 5.91 Å². The highest BCUT2D eigenvalue weighted by Crippen LogP contribution is 2.07. The van der Waals surface area contributed by atoms with E-state index in [1.807, 2.05) is 18.2 Å². The third-order valence-corrected chi connectivity index (χ3v) is 3.23. The van der Waals surface area contributed by atoms with Crippen molar-refractivity contribution in [1.82, 2.24) is 5.32 Å². The summed E-state index contributed by atoms with van der Waals surface area (Å²) in [6, 6.07) is 9.98. The summed E-state index contributed by atoms with van der Waals surface area (Å²) in [5, 5.41) is 3.06. The van der Waals surface area contributed by atoms with E-state index < -0.39 is 6.04 Å². The molecule has 0 fully saturated rings. The maximum absolute atomic E-state index is 12.0. The van der Waals surface area contributed by atoms with Crippen LogP contribution in [0.3, 0.4) is 0 Å². The largest absolute Gasteiger partial charge is 0.352 e. The molecule has 0 heterocycles. The van der Waals surface area contributed by atoms with Crippen LogP contribution in [0.15, 0.2) is 30.3 Å². The van der Waals surface area contributed by atoms with Crippen molar-refractivity contribution in [2.75, 3.05) is 0 Å². The number of benzene rings is 1. The number of carbonyl (C=O) groups is 1. The second kappa shape index (κ2) is 7.95. The molecule has 3 nitrogen and oxygen atoms in total. The van der Waals surface area contributed by atoms with Crippen LogP contribution in [-0.2, 0) is 11.2 Å². The highest BCUT2D eigenvalue weighted by Gasteiger charge is 2.18. The first kappa shape index (κ1) is 15.7. The average Bonchev–Trinajstić information content (AvgIpc) is 2.38. The first-order valence-corrected chi connectivity index (χ1v) is 7.12. The molecule has 0 aromatic heterocycles. The molecule has 1 aromatic carbocycles. The minimum absolute atomic E-state index is 0.0310. The fourth-order valence-corrected chi connectivity index (χ4v) is 2.12. The van der Waals surface area contributed by atoms with Crippen molar-refractivity contribution in [1.29, 1.82) is 0 Å². The maximum atomic E-state index is 12.0. The van der Waals surface area contributed by atoms with Gasteiger partial charge < -0.3 is 11.1 Å². The molecule has 0 radical (unpaired) electrons. The summed E-state index contributed by atoms with van der Waals surface area (Å²) < 4.78 is 0. The smallest absolute Gasteiger partial charge is 0.237 e. The number of hydrogen-bond acceptors (Lipinski definition) is 2. The van der Waals surface area contributed by atoms with E-state index in [-0.39, 0.29) is 11.9 Å². The minimum Gasteiger partial charge on any atom is -0.352 e. The van der Waals surface area contributed by atoms with Gasteiger partial charge in [0, 0.05) is 6.04 Å². The summed E-state index contributed by atoms with van der Waals surface area (Å²) in [6.07, 6.45) is 2.50. The monoisotopic (exact) mass is 262 g/mol. The molecule has 2 atom stereocenters. The molecule has 1 amide bonds. The summed E-state index contributed by atoms with van der Waals surface area (Å²) in [5.74, 6) is 0.409. The topological polar surface area (TPSA) is 55.1 Å². The molecule has 19 heavy (non-hydrogen) atoms. The standard InChI is InChI=1S/C16H26N2O/c1-4-14(11-13-8-6-5-7-9-13)18-16(19)15(17)10-12(2)3/h5-9,12,14-15H,4,10-11,17H2,1-3H3,(H,18,19)/t14?,15-/m0/s1. The lowest BCUT2D eigenvalue weighted by Crippen LogP contribution is -2.46. The molecule has 0 saturated heterocycles. The predicted molar refractivity (Wildman–Crippen MR) is 79.8 cm³/mol. The molecule has 1 aromatic rings. The van der Waals surface area contributed by atoms with Gasteiger partial charge in [0.2, 0.25) is 5.91 Å². The Labute approximate surface area is 116 Å². The van der Waals surface area contributed by atoms with E-state index in [0.29, 0.717) is 5.92 Å².